The average Bonchev–Trinajstić information content (AvgIpc) is 2.32. The van der Waals surface area contributed by atoms with Crippen LogP contribution in [0.2, 0.25) is 0 Å². The van der Waals surface area contributed by atoms with Crippen molar-refractivity contribution < 1.29 is 4.74 Å². The number of nitrogens with two attached hydrogens (primary N) is 1. The highest BCUT2D eigenvalue weighted by Gasteiger charge is 2.10. The summed E-state index contributed by atoms with van der Waals surface area (Å²) in [7, 11) is 0. The number of aryl methyl sites for hydroxylation is 2. The van der Waals surface area contributed by atoms with E-state index in [1.807, 2.05) is 19.9 Å². The highest BCUT2D eigenvalue weighted by Crippen LogP contribution is 2.18. The number of aromatic nitrogens is 1. The van der Waals surface area contributed by atoms with E-state index in [1.165, 1.54) is 0 Å². The first kappa shape index (κ1) is 15.9. The molecule has 4 nitrogen and oxygen atoms in total. The van der Waals surface area contributed by atoms with Gasteiger partial charge < -0.3 is 15.8 Å². The predicted molar refractivity (Wildman–Crippen MR) is 83.8 cm³/mol. The van der Waals surface area contributed by atoms with E-state index in [0.717, 1.165) is 55.2 Å². The smallest absolute Gasteiger partial charge is 0.136 e. The van der Waals surface area contributed by atoms with Gasteiger partial charge in [0.2, 0.25) is 0 Å². The fourth-order valence-corrected chi connectivity index (χ4v) is 2.16. The molecule has 3 N–H and O–H groups in total. The molecule has 0 radical (unpaired) electrons. The van der Waals surface area contributed by atoms with Crippen LogP contribution in [0.1, 0.15) is 36.6 Å². The Kier molecular flexibility index (Phi) is 6.73. The quantitative estimate of drug-likeness (QED) is 0.566. The number of hydrogen-bond acceptors (Lipinski definition) is 4. The van der Waals surface area contributed by atoms with E-state index in [4.69, 9.17) is 22.7 Å². The Labute approximate surface area is 120 Å². The maximum atomic E-state index is 5.76. The maximum Gasteiger partial charge on any atom is 0.136 e. The second kappa shape index (κ2) is 8.07. The van der Waals surface area contributed by atoms with Gasteiger partial charge in [-0.3, -0.25) is 0 Å². The number of nitrogens with zero attached hydrogens (tertiary/aromatic N) is 1. The number of thiocarbonyl (C=S) groups is 1. The number of hydrogen-bond donors (Lipinski definition) is 2. The Hall–Kier alpha value is -1.20. The molecule has 0 fully saturated rings. The van der Waals surface area contributed by atoms with Crippen LogP contribution in [-0.4, -0.2) is 29.7 Å². The van der Waals surface area contributed by atoms with Gasteiger partial charge in [0.15, 0.2) is 0 Å². The van der Waals surface area contributed by atoms with Crippen LogP contribution in [0.4, 0.5) is 5.82 Å². The van der Waals surface area contributed by atoms with Crippen LogP contribution >= 0.6 is 12.2 Å². The number of anilines is 1. The first-order valence-electron chi connectivity index (χ1n) is 6.66. The maximum absolute atomic E-state index is 5.76. The molecule has 0 aliphatic carbocycles. The zero-order chi connectivity index (χ0) is 14.3. The van der Waals surface area contributed by atoms with Gasteiger partial charge in [0.1, 0.15) is 10.8 Å². The highest BCUT2D eigenvalue weighted by molar-refractivity contribution is 7.80. The summed E-state index contributed by atoms with van der Waals surface area (Å²) < 4.78 is 5.44. The highest BCUT2D eigenvalue weighted by atomic mass is 32.1. The number of rotatable bonds is 8. The molecule has 106 valence electrons. The van der Waals surface area contributed by atoms with Crippen LogP contribution in [0.15, 0.2) is 6.07 Å². The van der Waals surface area contributed by atoms with Gasteiger partial charge in [-0.2, -0.15) is 0 Å². The molecule has 0 bridgehead atoms. The van der Waals surface area contributed by atoms with Crippen molar-refractivity contribution >= 4 is 23.0 Å². The van der Waals surface area contributed by atoms with Gasteiger partial charge >= 0.3 is 0 Å². The summed E-state index contributed by atoms with van der Waals surface area (Å²) in [4.78, 5) is 4.85. The summed E-state index contributed by atoms with van der Waals surface area (Å²) in [6.07, 6.45) is 1.99. The SMILES string of the molecule is CCCOCCCNc1nc(C)cc(C)c1C(N)=S. The van der Waals surface area contributed by atoms with Crippen LogP contribution in [0.3, 0.4) is 0 Å². The van der Waals surface area contributed by atoms with Crippen LogP contribution in [0.5, 0.6) is 0 Å². The zero-order valence-corrected chi connectivity index (χ0v) is 12.8. The van der Waals surface area contributed by atoms with E-state index in [2.05, 4.69) is 17.2 Å². The molecular formula is C14H23N3OS. The number of ether oxygens (including phenoxy) is 1. The molecule has 0 unspecified atom stereocenters. The van der Waals surface area contributed by atoms with Crippen molar-refractivity contribution in [2.45, 2.75) is 33.6 Å². The monoisotopic (exact) mass is 281 g/mol. The second-order valence-corrected chi connectivity index (χ2v) is 5.00. The van der Waals surface area contributed by atoms with E-state index in [-0.39, 0.29) is 0 Å². The molecule has 1 heterocycles. The Balaban J connectivity index is 2.59. The molecule has 1 aromatic heterocycles. The molecule has 0 aliphatic heterocycles. The van der Waals surface area contributed by atoms with Crippen molar-refractivity contribution in [2.75, 3.05) is 25.1 Å². The number of nitrogens with one attached hydrogen (secondary N) is 1. The van der Waals surface area contributed by atoms with Gasteiger partial charge in [0.05, 0.1) is 5.56 Å². The summed E-state index contributed by atoms with van der Waals surface area (Å²) in [6.45, 7) is 8.44. The minimum absolute atomic E-state index is 0.384. The zero-order valence-electron chi connectivity index (χ0n) is 12.0. The average molecular weight is 281 g/mol. The molecule has 5 heteroatoms. The van der Waals surface area contributed by atoms with Crippen LogP contribution in [-0.2, 0) is 4.74 Å². The summed E-state index contributed by atoms with van der Waals surface area (Å²) in [5, 5.41) is 3.29. The second-order valence-electron chi connectivity index (χ2n) is 4.56. The van der Waals surface area contributed by atoms with Crippen molar-refractivity contribution in [2.24, 2.45) is 5.73 Å². The van der Waals surface area contributed by atoms with E-state index >= 15 is 0 Å². The Morgan fingerprint density at radius 3 is 2.79 bits per heavy atom. The van der Waals surface area contributed by atoms with E-state index in [9.17, 15) is 0 Å². The molecule has 19 heavy (non-hydrogen) atoms. The van der Waals surface area contributed by atoms with Crippen LogP contribution < -0.4 is 11.1 Å². The molecule has 0 saturated heterocycles. The fourth-order valence-electron chi connectivity index (χ4n) is 1.90. The van der Waals surface area contributed by atoms with Gasteiger partial charge in [-0.15, -0.1) is 0 Å². The normalized spacial score (nSPS) is 10.5. The van der Waals surface area contributed by atoms with Crippen molar-refractivity contribution in [3.63, 3.8) is 0 Å². The lowest BCUT2D eigenvalue weighted by molar-refractivity contribution is 0.134. The Morgan fingerprint density at radius 2 is 2.16 bits per heavy atom. The lowest BCUT2D eigenvalue weighted by Crippen LogP contribution is -2.17. The molecule has 0 saturated carbocycles. The van der Waals surface area contributed by atoms with Gasteiger partial charge in [0.25, 0.3) is 0 Å². The molecule has 0 aliphatic rings. The summed E-state index contributed by atoms with van der Waals surface area (Å²) in [5.41, 5.74) is 8.63. The minimum Gasteiger partial charge on any atom is -0.389 e. The summed E-state index contributed by atoms with van der Waals surface area (Å²) in [5.74, 6) is 0.778. The van der Waals surface area contributed by atoms with Gasteiger partial charge in [-0.1, -0.05) is 19.1 Å². The summed E-state index contributed by atoms with van der Waals surface area (Å²) >= 11 is 5.09. The predicted octanol–water partition coefficient (Wildman–Crippen LogP) is 2.56. The van der Waals surface area contributed by atoms with Crippen molar-refractivity contribution in [1.82, 2.24) is 4.98 Å². The lowest BCUT2D eigenvalue weighted by Gasteiger charge is -2.13. The molecule has 0 atom stereocenters. The molecule has 1 aromatic rings. The third-order valence-electron chi connectivity index (χ3n) is 2.70. The Morgan fingerprint density at radius 1 is 1.42 bits per heavy atom. The van der Waals surface area contributed by atoms with E-state index in [1.54, 1.807) is 0 Å². The third kappa shape index (κ3) is 5.12. The first-order chi connectivity index (χ1) is 9.06. The number of pyridine rings is 1. The molecule has 0 amide bonds. The molecule has 0 aromatic carbocycles. The first-order valence-corrected chi connectivity index (χ1v) is 7.06. The van der Waals surface area contributed by atoms with Gasteiger partial charge in [0, 0.05) is 25.5 Å². The standard InChI is InChI=1S/C14H23N3OS/c1-4-7-18-8-5-6-16-14-12(13(15)19)10(2)9-11(3)17-14/h9H,4-8H2,1-3H3,(H2,15,19)(H,16,17). The van der Waals surface area contributed by atoms with Crippen molar-refractivity contribution in [1.29, 1.82) is 0 Å². The lowest BCUT2D eigenvalue weighted by atomic mass is 10.1. The van der Waals surface area contributed by atoms with Crippen LogP contribution in [0, 0.1) is 13.8 Å². The van der Waals surface area contributed by atoms with E-state index < -0.39 is 0 Å². The Bertz CT molecular complexity index is 435. The third-order valence-corrected chi connectivity index (χ3v) is 2.90. The molecule has 0 spiro atoms. The molecular weight excluding hydrogens is 258 g/mol. The topological polar surface area (TPSA) is 60.2 Å². The van der Waals surface area contributed by atoms with Crippen molar-refractivity contribution in [3.05, 3.63) is 22.9 Å². The largest absolute Gasteiger partial charge is 0.389 e. The van der Waals surface area contributed by atoms with Crippen molar-refractivity contribution in [3.8, 4) is 0 Å². The van der Waals surface area contributed by atoms with Gasteiger partial charge in [-0.25, -0.2) is 4.98 Å². The summed E-state index contributed by atoms with van der Waals surface area (Å²) in [6, 6.07) is 1.99. The van der Waals surface area contributed by atoms with E-state index in [0.29, 0.717) is 4.99 Å². The molecule has 1 rings (SSSR count). The van der Waals surface area contributed by atoms with Crippen LogP contribution in [0.25, 0.3) is 0 Å². The fraction of sp³-hybridized carbons (Fsp3) is 0.571. The minimum atomic E-state index is 0.384. The van der Waals surface area contributed by atoms with Gasteiger partial charge in [-0.05, 0) is 38.3 Å².